The second-order valence-electron chi connectivity index (χ2n) is 5.68. The molecule has 21 heavy (non-hydrogen) atoms. The smallest absolute Gasteiger partial charge is 0.131 e. The molecule has 3 atom stereocenters. The zero-order chi connectivity index (χ0) is 15.4. The first-order chi connectivity index (χ1) is 10.0. The number of halogens is 2. The van der Waals surface area contributed by atoms with E-state index in [0.717, 1.165) is 37.9 Å². The van der Waals surface area contributed by atoms with Crippen LogP contribution in [-0.4, -0.2) is 40.3 Å². The number of benzene rings is 1. The minimum absolute atomic E-state index is 0.0479. The van der Waals surface area contributed by atoms with E-state index in [1.165, 1.54) is 6.07 Å². The predicted molar refractivity (Wildman–Crippen MR) is 76.8 cm³/mol. The maximum Gasteiger partial charge on any atom is 0.131 e. The van der Waals surface area contributed by atoms with Gasteiger partial charge in [0.15, 0.2) is 0 Å². The normalized spacial score (nSPS) is 23.0. The molecule has 1 aliphatic heterocycles. The van der Waals surface area contributed by atoms with Crippen LogP contribution in [0.5, 0.6) is 0 Å². The molecule has 1 heterocycles. The first-order valence-electron chi connectivity index (χ1n) is 7.58. The Morgan fingerprint density at radius 2 is 1.90 bits per heavy atom. The molecule has 2 rings (SSSR count). The van der Waals surface area contributed by atoms with Gasteiger partial charge in [0.1, 0.15) is 11.6 Å². The maximum absolute atomic E-state index is 13.7. The summed E-state index contributed by atoms with van der Waals surface area (Å²) in [4.78, 5) is 1.95. The Labute approximate surface area is 124 Å². The number of likely N-dealkylation sites (tertiary alicyclic amines) is 1. The number of aliphatic hydroxyl groups is 2. The molecule has 1 aliphatic rings. The molecule has 1 aromatic rings. The number of nitrogens with zero attached hydrogens (tertiary/aromatic N) is 1. The minimum atomic E-state index is -1.23. The van der Waals surface area contributed by atoms with E-state index in [-0.39, 0.29) is 18.2 Å². The molecule has 0 amide bonds. The summed E-state index contributed by atoms with van der Waals surface area (Å²) >= 11 is 0. The monoisotopic (exact) mass is 299 g/mol. The summed E-state index contributed by atoms with van der Waals surface area (Å²) in [6.07, 6.45) is 1.79. The summed E-state index contributed by atoms with van der Waals surface area (Å²) in [7, 11) is 0. The van der Waals surface area contributed by atoms with Gasteiger partial charge in [-0.15, -0.1) is 0 Å². The Bertz CT molecular complexity index is 449. The number of hydrogen-bond donors (Lipinski definition) is 2. The van der Waals surface area contributed by atoms with E-state index in [4.69, 9.17) is 0 Å². The van der Waals surface area contributed by atoms with Crippen LogP contribution in [0.25, 0.3) is 0 Å². The van der Waals surface area contributed by atoms with E-state index in [0.29, 0.717) is 6.42 Å². The van der Waals surface area contributed by atoms with Crippen LogP contribution < -0.4 is 0 Å². The van der Waals surface area contributed by atoms with Crippen molar-refractivity contribution >= 4 is 0 Å². The van der Waals surface area contributed by atoms with Gasteiger partial charge in [-0.2, -0.15) is 0 Å². The molecule has 1 aromatic carbocycles. The van der Waals surface area contributed by atoms with Gasteiger partial charge in [-0.25, -0.2) is 8.78 Å². The van der Waals surface area contributed by atoms with E-state index < -0.39 is 23.8 Å². The standard InChI is InChI=1S/C16H23F2NO2/c1-2-14(20)13-8-3-4-9-19(13)10-15(21)16-11(17)6-5-7-12(16)18/h5-7,13-15,20-21H,2-4,8-10H2,1H3. The zero-order valence-corrected chi connectivity index (χ0v) is 12.3. The highest BCUT2D eigenvalue weighted by molar-refractivity contribution is 5.22. The van der Waals surface area contributed by atoms with Crippen molar-refractivity contribution in [2.45, 2.75) is 50.9 Å². The third-order valence-corrected chi connectivity index (χ3v) is 4.27. The molecule has 0 saturated carbocycles. The van der Waals surface area contributed by atoms with Crippen molar-refractivity contribution in [2.24, 2.45) is 0 Å². The van der Waals surface area contributed by atoms with Gasteiger partial charge in [-0.1, -0.05) is 19.4 Å². The maximum atomic E-state index is 13.7. The first-order valence-corrected chi connectivity index (χ1v) is 7.58. The van der Waals surface area contributed by atoms with Gasteiger partial charge in [0, 0.05) is 12.6 Å². The summed E-state index contributed by atoms with van der Waals surface area (Å²) < 4.78 is 27.4. The lowest BCUT2D eigenvalue weighted by Gasteiger charge is -2.39. The van der Waals surface area contributed by atoms with Gasteiger partial charge in [0.25, 0.3) is 0 Å². The van der Waals surface area contributed by atoms with Gasteiger partial charge in [-0.05, 0) is 37.9 Å². The van der Waals surface area contributed by atoms with Crippen LogP contribution in [0, 0.1) is 11.6 Å². The van der Waals surface area contributed by atoms with Gasteiger partial charge in [0.05, 0.1) is 17.8 Å². The van der Waals surface area contributed by atoms with Crippen molar-refractivity contribution < 1.29 is 19.0 Å². The van der Waals surface area contributed by atoms with Crippen molar-refractivity contribution in [1.29, 1.82) is 0 Å². The van der Waals surface area contributed by atoms with Gasteiger partial charge >= 0.3 is 0 Å². The molecule has 0 bridgehead atoms. The van der Waals surface area contributed by atoms with Crippen LogP contribution in [0.2, 0.25) is 0 Å². The number of hydrogen-bond acceptors (Lipinski definition) is 3. The quantitative estimate of drug-likeness (QED) is 0.878. The molecule has 1 saturated heterocycles. The van der Waals surface area contributed by atoms with Crippen LogP contribution in [0.15, 0.2) is 18.2 Å². The second-order valence-corrected chi connectivity index (χ2v) is 5.68. The average Bonchev–Trinajstić information content (AvgIpc) is 2.47. The molecular weight excluding hydrogens is 276 g/mol. The van der Waals surface area contributed by atoms with Crippen molar-refractivity contribution in [3.05, 3.63) is 35.4 Å². The van der Waals surface area contributed by atoms with E-state index in [1.54, 1.807) is 0 Å². The van der Waals surface area contributed by atoms with Crippen LogP contribution >= 0.6 is 0 Å². The fourth-order valence-electron chi connectivity index (χ4n) is 3.09. The summed E-state index contributed by atoms with van der Waals surface area (Å²) in [6, 6.07) is 3.53. The molecular formula is C16H23F2NO2. The van der Waals surface area contributed by atoms with Crippen LogP contribution in [0.4, 0.5) is 8.78 Å². The molecule has 0 radical (unpaired) electrons. The lowest BCUT2D eigenvalue weighted by molar-refractivity contribution is -0.00244. The fourth-order valence-corrected chi connectivity index (χ4v) is 3.09. The van der Waals surface area contributed by atoms with E-state index in [1.807, 2.05) is 11.8 Å². The molecule has 1 fully saturated rings. The first kappa shape index (κ1) is 16.3. The highest BCUT2D eigenvalue weighted by atomic mass is 19.1. The van der Waals surface area contributed by atoms with Crippen molar-refractivity contribution in [3.8, 4) is 0 Å². The third kappa shape index (κ3) is 3.78. The SMILES string of the molecule is CCC(O)C1CCCCN1CC(O)c1c(F)cccc1F. The van der Waals surface area contributed by atoms with Gasteiger partial charge < -0.3 is 10.2 Å². The Morgan fingerprint density at radius 1 is 1.24 bits per heavy atom. The van der Waals surface area contributed by atoms with Crippen LogP contribution in [-0.2, 0) is 0 Å². The molecule has 0 spiro atoms. The van der Waals surface area contributed by atoms with Crippen molar-refractivity contribution in [1.82, 2.24) is 4.90 Å². The molecule has 0 aromatic heterocycles. The largest absolute Gasteiger partial charge is 0.392 e. The summed E-state index contributed by atoms with van der Waals surface area (Å²) in [6.45, 7) is 2.78. The molecule has 5 heteroatoms. The molecule has 2 N–H and O–H groups in total. The Kier molecular flexibility index (Phi) is 5.67. The number of aliphatic hydroxyl groups excluding tert-OH is 2. The van der Waals surface area contributed by atoms with Crippen molar-refractivity contribution in [2.75, 3.05) is 13.1 Å². The Balaban J connectivity index is 2.11. The Hall–Kier alpha value is -1.04. The zero-order valence-electron chi connectivity index (χ0n) is 12.3. The number of piperidine rings is 1. The highest BCUT2D eigenvalue weighted by Gasteiger charge is 2.30. The molecule has 0 aliphatic carbocycles. The summed E-state index contributed by atoms with van der Waals surface area (Å²) in [5.74, 6) is -1.46. The van der Waals surface area contributed by atoms with Crippen LogP contribution in [0.3, 0.4) is 0 Å². The van der Waals surface area contributed by atoms with Crippen LogP contribution in [0.1, 0.15) is 44.3 Å². The Morgan fingerprint density at radius 3 is 2.52 bits per heavy atom. The second kappa shape index (κ2) is 7.29. The lowest BCUT2D eigenvalue weighted by atomic mass is 9.95. The molecule has 3 nitrogen and oxygen atoms in total. The van der Waals surface area contributed by atoms with Gasteiger partial charge in [-0.3, -0.25) is 4.90 Å². The fraction of sp³-hybridized carbons (Fsp3) is 0.625. The van der Waals surface area contributed by atoms with Crippen molar-refractivity contribution in [3.63, 3.8) is 0 Å². The molecule has 3 unspecified atom stereocenters. The molecule has 118 valence electrons. The summed E-state index contributed by atoms with van der Waals surface area (Å²) in [5, 5.41) is 20.3. The minimum Gasteiger partial charge on any atom is -0.392 e. The van der Waals surface area contributed by atoms with E-state index in [2.05, 4.69) is 0 Å². The van der Waals surface area contributed by atoms with Gasteiger partial charge in [0.2, 0.25) is 0 Å². The van der Waals surface area contributed by atoms with E-state index in [9.17, 15) is 19.0 Å². The lowest BCUT2D eigenvalue weighted by Crippen LogP contribution is -2.48. The average molecular weight is 299 g/mol. The third-order valence-electron chi connectivity index (χ3n) is 4.27. The summed E-state index contributed by atoms with van der Waals surface area (Å²) in [5.41, 5.74) is -0.284. The predicted octanol–water partition coefficient (Wildman–Crippen LogP) is 2.62. The number of rotatable bonds is 5. The highest BCUT2D eigenvalue weighted by Crippen LogP contribution is 2.26. The number of β-amino-alcohol motifs (C(OH)–C–C–N with tert-alkyl or cyclic N) is 1. The van der Waals surface area contributed by atoms with E-state index >= 15 is 0 Å². The topological polar surface area (TPSA) is 43.7 Å².